The van der Waals surface area contributed by atoms with Crippen molar-refractivity contribution in [1.82, 2.24) is 0 Å². The van der Waals surface area contributed by atoms with Crippen LogP contribution < -0.4 is 9.80 Å². The van der Waals surface area contributed by atoms with Crippen molar-refractivity contribution in [1.29, 1.82) is 0 Å². The van der Waals surface area contributed by atoms with E-state index >= 15 is 0 Å². The van der Waals surface area contributed by atoms with Gasteiger partial charge in [-0.15, -0.1) is 0 Å². The number of para-hydroxylation sites is 2. The Balaban J connectivity index is 1.12. The summed E-state index contributed by atoms with van der Waals surface area (Å²) >= 11 is 0. The number of fused-ring (bicyclic) bond motifs is 16. The Labute approximate surface area is 392 Å². The average Bonchev–Trinajstić information content (AvgIpc) is 3.83. The van der Waals surface area contributed by atoms with Crippen molar-refractivity contribution in [3.05, 3.63) is 263 Å². The van der Waals surface area contributed by atoms with E-state index in [1.165, 1.54) is 110 Å². The minimum atomic E-state index is -0.565. The predicted octanol–water partition coefficient (Wildman–Crippen LogP) is 17.7. The molecule has 0 aliphatic heterocycles. The van der Waals surface area contributed by atoms with Gasteiger partial charge in [-0.3, -0.25) is 0 Å². The molecule has 1 spiro atoms. The van der Waals surface area contributed by atoms with Gasteiger partial charge in [0, 0.05) is 34.1 Å². The Kier molecular flexibility index (Phi) is 8.73. The molecule has 0 radical (unpaired) electrons. The molecule has 0 saturated heterocycles. The maximum atomic E-state index is 2.55. The lowest BCUT2D eigenvalue weighted by Crippen LogP contribution is -2.26. The summed E-state index contributed by atoms with van der Waals surface area (Å²) in [7, 11) is 0. The third-order valence-corrected chi connectivity index (χ3v) is 14.7. The summed E-state index contributed by atoms with van der Waals surface area (Å²) in [5, 5.41) is 7.52. The van der Waals surface area contributed by atoms with Crippen LogP contribution in [0.2, 0.25) is 0 Å². The van der Waals surface area contributed by atoms with E-state index < -0.39 is 5.41 Å². The van der Waals surface area contributed by atoms with Gasteiger partial charge < -0.3 is 9.80 Å². The summed E-state index contributed by atoms with van der Waals surface area (Å²) in [6.45, 7) is 8.80. The van der Waals surface area contributed by atoms with E-state index in [1.54, 1.807) is 0 Å². The normalized spacial score (nSPS) is 12.9. The molecular weight excluding hydrogens is 809 g/mol. The smallest absolute Gasteiger partial charge is 0.0731 e. The maximum Gasteiger partial charge on any atom is 0.0731 e. The SMILES string of the molecule is Cc1ccc(N(c2ccccc2)c2ccc3c4c(c5ccccc5c3c2)-c2cc3ccc(N(c5ccccc5)c5cc(C)ccc5C)cc3cc2C42c3ccccc3-c3ccccc32)c(C)c1. The van der Waals surface area contributed by atoms with Gasteiger partial charge in [0.15, 0.2) is 0 Å². The fourth-order valence-corrected chi connectivity index (χ4v) is 11.9. The molecule has 67 heavy (non-hydrogen) atoms. The molecule has 0 saturated carbocycles. The van der Waals surface area contributed by atoms with Crippen molar-refractivity contribution < 1.29 is 0 Å². The number of rotatable bonds is 6. The molecule has 0 amide bonds. The van der Waals surface area contributed by atoms with Crippen LogP contribution in [0.15, 0.2) is 218 Å². The van der Waals surface area contributed by atoms with E-state index in [1.807, 2.05) is 0 Å². The van der Waals surface area contributed by atoms with Crippen LogP contribution in [0, 0.1) is 27.7 Å². The molecule has 0 N–H and O–H groups in total. The molecule has 11 aromatic rings. The molecule has 0 atom stereocenters. The molecule has 13 rings (SSSR count). The first-order valence-electron chi connectivity index (χ1n) is 23.5. The van der Waals surface area contributed by atoms with Crippen molar-refractivity contribution in [3.8, 4) is 22.3 Å². The zero-order chi connectivity index (χ0) is 45.0. The minimum Gasteiger partial charge on any atom is -0.310 e. The highest BCUT2D eigenvalue weighted by Gasteiger charge is 2.53. The zero-order valence-corrected chi connectivity index (χ0v) is 38.2. The largest absolute Gasteiger partial charge is 0.310 e. The molecule has 2 heteroatoms. The van der Waals surface area contributed by atoms with Gasteiger partial charge in [0.05, 0.1) is 5.41 Å². The lowest BCUT2D eigenvalue weighted by molar-refractivity contribution is 0.803. The number of anilines is 6. The van der Waals surface area contributed by atoms with Crippen LogP contribution in [-0.2, 0) is 5.41 Å². The van der Waals surface area contributed by atoms with E-state index in [-0.39, 0.29) is 0 Å². The van der Waals surface area contributed by atoms with Crippen LogP contribution in [0.1, 0.15) is 44.5 Å². The minimum absolute atomic E-state index is 0.565. The lowest BCUT2D eigenvalue weighted by atomic mass is 9.69. The first-order chi connectivity index (χ1) is 32.9. The summed E-state index contributed by atoms with van der Waals surface area (Å²) in [6, 6.07) is 82.1. The molecule has 0 fully saturated rings. The summed E-state index contributed by atoms with van der Waals surface area (Å²) < 4.78 is 0. The van der Waals surface area contributed by atoms with E-state index in [9.17, 15) is 0 Å². The Hall–Kier alpha value is -8.20. The molecule has 0 unspecified atom stereocenters. The molecule has 0 heterocycles. The first kappa shape index (κ1) is 39.2. The Morgan fingerprint density at radius 3 is 1.60 bits per heavy atom. The van der Waals surface area contributed by atoms with Gasteiger partial charge in [0.1, 0.15) is 0 Å². The molecule has 11 aromatic carbocycles. The second-order valence-corrected chi connectivity index (χ2v) is 18.7. The lowest BCUT2D eigenvalue weighted by Gasteiger charge is -2.32. The van der Waals surface area contributed by atoms with Crippen LogP contribution in [0.4, 0.5) is 34.1 Å². The third kappa shape index (κ3) is 5.76. The zero-order valence-electron chi connectivity index (χ0n) is 38.2. The highest BCUT2D eigenvalue weighted by Crippen LogP contribution is 2.66. The summed E-state index contributed by atoms with van der Waals surface area (Å²) in [5.74, 6) is 0. The molecule has 2 nitrogen and oxygen atoms in total. The molecule has 318 valence electrons. The van der Waals surface area contributed by atoms with Crippen molar-refractivity contribution in [2.24, 2.45) is 0 Å². The highest BCUT2D eigenvalue weighted by atomic mass is 15.1. The maximum absolute atomic E-state index is 2.55. The summed E-state index contributed by atoms with van der Waals surface area (Å²) in [6.07, 6.45) is 0. The molecule has 0 bridgehead atoms. The van der Waals surface area contributed by atoms with E-state index in [4.69, 9.17) is 0 Å². The number of hydrogen-bond donors (Lipinski definition) is 0. The van der Waals surface area contributed by atoms with Crippen LogP contribution in [0.3, 0.4) is 0 Å². The standard InChI is InChI=1S/C65H48N2/c1-41-28-34-61(44(4)35-41)66(47-17-7-5-8-18-47)50-32-33-55-56(40-50)51-21-11-12-24-54(51)63-57-38-45-30-31-49(67(48-19-9-6-10-20-48)62-36-42(2)27-29-43(62)3)37-46(45)39-60(57)65(64(55)63)58-25-15-13-22-52(58)53-23-14-16-26-59(53)65/h5-40H,1-4H3. The number of aryl methyl sites for hydroxylation is 4. The van der Waals surface area contributed by atoms with Crippen LogP contribution in [0.25, 0.3) is 54.6 Å². The van der Waals surface area contributed by atoms with Crippen LogP contribution in [-0.4, -0.2) is 0 Å². The number of nitrogens with zero attached hydrogens (tertiary/aromatic N) is 2. The fraction of sp³-hybridized carbons (Fsp3) is 0.0769. The Morgan fingerprint density at radius 1 is 0.313 bits per heavy atom. The second-order valence-electron chi connectivity index (χ2n) is 18.7. The van der Waals surface area contributed by atoms with Gasteiger partial charge in [0.2, 0.25) is 0 Å². The molecule has 2 aliphatic rings. The third-order valence-electron chi connectivity index (χ3n) is 14.7. The van der Waals surface area contributed by atoms with Gasteiger partial charge in [0.25, 0.3) is 0 Å². The van der Waals surface area contributed by atoms with E-state index in [2.05, 4.69) is 256 Å². The highest BCUT2D eigenvalue weighted by molar-refractivity contribution is 6.21. The van der Waals surface area contributed by atoms with Crippen molar-refractivity contribution in [2.45, 2.75) is 33.1 Å². The summed E-state index contributed by atoms with van der Waals surface area (Å²) in [5.41, 5.74) is 22.0. The van der Waals surface area contributed by atoms with Gasteiger partial charge in [-0.25, -0.2) is 0 Å². The van der Waals surface area contributed by atoms with Gasteiger partial charge in [-0.05, 0) is 194 Å². The second kappa shape index (κ2) is 14.9. The van der Waals surface area contributed by atoms with Crippen molar-refractivity contribution >= 4 is 66.4 Å². The summed E-state index contributed by atoms with van der Waals surface area (Å²) in [4.78, 5) is 4.86. The predicted molar refractivity (Wildman–Crippen MR) is 284 cm³/mol. The van der Waals surface area contributed by atoms with E-state index in [0.717, 1.165) is 22.7 Å². The van der Waals surface area contributed by atoms with Gasteiger partial charge in [-0.2, -0.15) is 0 Å². The average molecular weight is 857 g/mol. The van der Waals surface area contributed by atoms with Crippen molar-refractivity contribution in [2.75, 3.05) is 9.80 Å². The first-order valence-corrected chi connectivity index (χ1v) is 23.5. The molecule has 2 aliphatic carbocycles. The monoisotopic (exact) mass is 856 g/mol. The Morgan fingerprint density at radius 2 is 0.896 bits per heavy atom. The van der Waals surface area contributed by atoms with E-state index in [0.29, 0.717) is 0 Å². The molecule has 0 aromatic heterocycles. The van der Waals surface area contributed by atoms with Crippen LogP contribution in [0.5, 0.6) is 0 Å². The quantitative estimate of drug-likeness (QED) is 0.154. The fourth-order valence-electron chi connectivity index (χ4n) is 11.9. The van der Waals surface area contributed by atoms with Gasteiger partial charge >= 0.3 is 0 Å². The number of benzene rings is 11. The topological polar surface area (TPSA) is 6.48 Å². The molecular formula is C65H48N2. The van der Waals surface area contributed by atoms with Crippen molar-refractivity contribution in [3.63, 3.8) is 0 Å². The van der Waals surface area contributed by atoms with Gasteiger partial charge in [-0.1, -0.05) is 151 Å². The Bertz CT molecular complexity index is 3760. The number of hydrogen-bond acceptors (Lipinski definition) is 2. The van der Waals surface area contributed by atoms with Crippen LogP contribution >= 0.6 is 0 Å².